The molecular weight excluding hydrogens is 397 g/mol. The van der Waals surface area contributed by atoms with Gasteiger partial charge >= 0.3 is 0 Å². The van der Waals surface area contributed by atoms with Gasteiger partial charge in [0.25, 0.3) is 0 Å². The number of hydrogen-bond donors (Lipinski definition) is 3. The lowest BCUT2D eigenvalue weighted by Gasteiger charge is -2.17. The van der Waals surface area contributed by atoms with Gasteiger partial charge in [-0.3, -0.25) is 4.98 Å². The van der Waals surface area contributed by atoms with Gasteiger partial charge in [0, 0.05) is 35.9 Å². The van der Waals surface area contributed by atoms with Crippen LogP contribution in [0, 0.1) is 5.82 Å². The van der Waals surface area contributed by atoms with Gasteiger partial charge in [-0.1, -0.05) is 25.7 Å². The van der Waals surface area contributed by atoms with E-state index in [9.17, 15) is 4.39 Å². The number of nitrogens with zero attached hydrogens (tertiary/aromatic N) is 4. The lowest BCUT2D eigenvalue weighted by molar-refractivity contribution is 0.386. The van der Waals surface area contributed by atoms with Crippen molar-refractivity contribution < 1.29 is 9.13 Å². The molecule has 1 aromatic carbocycles. The minimum atomic E-state index is -0.464. The first-order chi connectivity index (χ1) is 15.2. The first kappa shape index (κ1) is 20.8. The summed E-state index contributed by atoms with van der Waals surface area (Å²) in [5.74, 6) is 0.890. The summed E-state index contributed by atoms with van der Waals surface area (Å²) in [5.41, 5.74) is 1.32. The molecule has 0 amide bonds. The number of methoxy groups -OCH3 is 1. The molecule has 1 aliphatic rings. The first-order valence-corrected chi connectivity index (χ1v) is 10.5. The molecule has 9 heteroatoms. The molecule has 0 unspecified atom stereocenters. The monoisotopic (exact) mass is 423 g/mol. The highest BCUT2D eigenvalue weighted by atomic mass is 19.1. The first-order valence-electron chi connectivity index (χ1n) is 10.5. The Morgan fingerprint density at radius 2 is 1.48 bits per heavy atom. The molecule has 0 radical (unpaired) electrons. The van der Waals surface area contributed by atoms with Crippen molar-refractivity contribution in [3.05, 3.63) is 48.5 Å². The molecule has 0 spiro atoms. The Morgan fingerprint density at radius 1 is 0.839 bits per heavy atom. The molecule has 0 bridgehead atoms. The van der Waals surface area contributed by atoms with Crippen molar-refractivity contribution in [3.63, 3.8) is 0 Å². The molecule has 8 nitrogen and oxygen atoms in total. The molecule has 0 aliphatic heterocycles. The van der Waals surface area contributed by atoms with Crippen LogP contribution in [0.4, 0.5) is 33.6 Å². The molecule has 4 rings (SSSR count). The second-order valence-corrected chi connectivity index (χ2v) is 7.47. The van der Waals surface area contributed by atoms with Crippen molar-refractivity contribution in [2.45, 2.75) is 44.6 Å². The van der Waals surface area contributed by atoms with Crippen LogP contribution in [0.2, 0.25) is 0 Å². The van der Waals surface area contributed by atoms with Crippen molar-refractivity contribution in [1.29, 1.82) is 0 Å². The second kappa shape index (κ2) is 10.0. The van der Waals surface area contributed by atoms with Crippen LogP contribution in [0.1, 0.15) is 38.5 Å². The van der Waals surface area contributed by atoms with Gasteiger partial charge in [-0.2, -0.15) is 15.0 Å². The summed E-state index contributed by atoms with van der Waals surface area (Å²) in [6.45, 7) is 0. The molecule has 31 heavy (non-hydrogen) atoms. The van der Waals surface area contributed by atoms with Crippen LogP contribution < -0.4 is 20.7 Å². The highest BCUT2D eigenvalue weighted by Crippen LogP contribution is 2.25. The standard InChI is InChI=1S/C22H26FN7O/c1-31-19-9-8-17(14-18(19)23)27-22-29-20(25-15-6-4-2-3-5-7-15)28-21(30-22)26-16-10-12-24-13-11-16/h8-15H,2-7H2,1H3,(H3,24,25,26,27,28,29,30). The van der Waals surface area contributed by atoms with Gasteiger partial charge in [-0.05, 0) is 37.1 Å². The third kappa shape index (κ3) is 5.78. The van der Waals surface area contributed by atoms with Crippen molar-refractivity contribution in [3.8, 4) is 5.75 Å². The number of benzene rings is 1. The zero-order valence-corrected chi connectivity index (χ0v) is 17.4. The summed E-state index contributed by atoms with van der Waals surface area (Å²) in [6.07, 6.45) is 10.5. The number of ether oxygens (including phenoxy) is 1. The molecule has 2 aromatic heterocycles. The highest BCUT2D eigenvalue weighted by Gasteiger charge is 2.15. The van der Waals surface area contributed by atoms with Crippen LogP contribution in [0.15, 0.2) is 42.7 Å². The number of hydrogen-bond acceptors (Lipinski definition) is 8. The topological polar surface area (TPSA) is 96.9 Å². The van der Waals surface area contributed by atoms with E-state index in [0.29, 0.717) is 29.6 Å². The highest BCUT2D eigenvalue weighted by molar-refractivity contribution is 5.59. The van der Waals surface area contributed by atoms with Gasteiger partial charge in [0.1, 0.15) is 0 Å². The summed E-state index contributed by atoms with van der Waals surface area (Å²) in [4.78, 5) is 17.5. The number of pyridine rings is 1. The van der Waals surface area contributed by atoms with Gasteiger partial charge in [-0.15, -0.1) is 0 Å². The molecule has 3 aromatic rings. The molecule has 3 N–H and O–H groups in total. The number of aromatic nitrogens is 4. The molecule has 1 fully saturated rings. The van der Waals surface area contributed by atoms with E-state index < -0.39 is 5.82 Å². The maximum Gasteiger partial charge on any atom is 0.233 e. The van der Waals surface area contributed by atoms with Crippen LogP contribution in [0.5, 0.6) is 5.75 Å². The van der Waals surface area contributed by atoms with Crippen LogP contribution in [-0.4, -0.2) is 33.1 Å². The maximum absolute atomic E-state index is 14.1. The van der Waals surface area contributed by atoms with E-state index in [4.69, 9.17) is 4.74 Å². The zero-order valence-electron chi connectivity index (χ0n) is 17.4. The molecular formula is C22H26FN7O. The Labute approximate surface area is 180 Å². The van der Waals surface area contributed by atoms with E-state index in [1.807, 2.05) is 12.1 Å². The van der Waals surface area contributed by atoms with Crippen LogP contribution in [0.3, 0.4) is 0 Å². The van der Waals surface area contributed by atoms with Crippen molar-refractivity contribution in [2.75, 3.05) is 23.1 Å². The van der Waals surface area contributed by atoms with E-state index in [-0.39, 0.29) is 5.75 Å². The number of nitrogens with one attached hydrogen (secondary N) is 3. The fourth-order valence-corrected chi connectivity index (χ4v) is 3.60. The molecule has 1 saturated carbocycles. The predicted molar refractivity (Wildman–Crippen MR) is 119 cm³/mol. The van der Waals surface area contributed by atoms with E-state index in [1.54, 1.807) is 24.5 Å². The lowest BCUT2D eigenvalue weighted by atomic mass is 10.1. The third-order valence-electron chi connectivity index (χ3n) is 5.17. The third-order valence-corrected chi connectivity index (χ3v) is 5.17. The smallest absolute Gasteiger partial charge is 0.233 e. The van der Waals surface area contributed by atoms with Gasteiger partial charge in [-0.25, -0.2) is 4.39 Å². The maximum atomic E-state index is 14.1. The summed E-state index contributed by atoms with van der Waals surface area (Å²) in [5, 5.41) is 9.69. The SMILES string of the molecule is COc1ccc(Nc2nc(Nc3ccncc3)nc(NC3CCCCCC3)n2)cc1F. The van der Waals surface area contributed by atoms with Crippen LogP contribution in [0.25, 0.3) is 0 Å². The number of anilines is 5. The Morgan fingerprint density at radius 3 is 2.13 bits per heavy atom. The molecule has 1 aliphatic carbocycles. The average molecular weight is 423 g/mol. The average Bonchev–Trinajstić information content (AvgIpc) is 3.03. The largest absolute Gasteiger partial charge is 0.494 e. The van der Waals surface area contributed by atoms with Crippen LogP contribution >= 0.6 is 0 Å². The Hall–Kier alpha value is -3.49. The normalized spacial score (nSPS) is 14.5. The second-order valence-electron chi connectivity index (χ2n) is 7.47. The fourth-order valence-electron chi connectivity index (χ4n) is 3.60. The fraction of sp³-hybridized carbons (Fsp3) is 0.364. The van der Waals surface area contributed by atoms with Crippen molar-refractivity contribution in [2.24, 2.45) is 0 Å². The van der Waals surface area contributed by atoms with Crippen LogP contribution in [-0.2, 0) is 0 Å². The Kier molecular flexibility index (Phi) is 6.71. The van der Waals surface area contributed by atoms with E-state index in [2.05, 4.69) is 35.9 Å². The minimum Gasteiger partial charge on any atom is -0.494 e. The van der Waals surface area contributed by atoms with E-state index in [0.717, 1.165) is 18.5 Å². The Bertz CT molecular complexity index is 994. The predicted octanol–water partition coefficient (Wildman–Crippen LogP) is 5.04. The molecule has 0 atom stereocenters. The van der Waals surface area contributed by atoms with Gasteiger partial charge in [0.15, 0.2) is 11.6 Å². The summed E-state index contributed by atoms with van der Waals surface area (Å²) >= 11 is 0. The van der Waals surface area contributed by atoms with Crippen molar-refractivity contribution >= 4 is 29.2 Å². The van der Waals surface area contributed by atoms with Crippen molar-refractivity contribution in [1.82, 2.24) is 19.9 Å². The molecule has 162 valence electrons. The molecule has 0 saturated heterocycles. The minimum absolute atomic E-state index is 0.178. The zero-order chi connectivity index (χ0) is 21.5. The van der Waals surface area contributed by atoms with Gasteiger partial charge in [0.05, 0.1) is 7.11 Å². The summed E-state index contributed by atoms with van der Waals surface area (Å²) in [7, 11) is 1.43. The Balaban J connectivity index is 1.59. The van der Waals surface area contributed by atoms with E-state index in [1.165, 1.54) is 38.9 Å². The molecule has 2 heterocycles. The van der Waals surface area contributed by atoms with Gasteiger partial charge < -0.3 is 20.7 Å². The summed E-state index contributed by atoms with van der Waals surface area (Å²) in [6, 6.07) is 8.59. The number of halogens is 1. The lowest BCUT2D eigenvalue weighted by Crippen LogP contribution is -2.21. The number of rotatable bonds is 7. The van der Waals surface area contributed by atoms with Gasteiger partial charge in [0.2, 0.25) is 17.8 Å². The quantitative estimate of drug-likeness (QED) is 0.455. The summed E-state index contributed by atoms with van der Waals surface area (Å²) < 4.78 is 19.1. The van der Waals surface area contributed by atoms with E-state index >= 15 is 0 Å².